The molecule has 1 N–H and O–H groups in total. The Hall–Kier alpha value is -2.24. The summed E-state index contributed by atoms with van der Waals surface area (Å²) in [6.45, 7) is 0.669. The van der Waals surface area contributed by atoms with Gasteiger partial charge >= 0.3 is 0 Å². The van der Waals surface area contributed by atoms with E-state index in [1.807, 2.05) is 12.1 Å². The van der Waals surface area contributed by atoms with Crippen LogP contribution in [-0.2, 0) is 16.8 Å². The van der Waals surface area contributed by atoms with Crippen molar-refractivity contribution in [1.82, 2.24) is 9.88 Å². The smallest absolute Gasteiger partial charge is 0.123 e. The van der Waals surface area contributed by atoms with Crippen molar-refractivity contribution in [2.75, 3.05) is 20.7 Å². The number of nitrogens with zero attached hydrogens (tertiary/aromatic N) is 1. The van der Waals surface area contributed by atoms with Crippen LogP contribution in [0.4, 0.5) is 8.78 Å². The minimum absolute atomic E-state index is 0.179. The Labute approximate surface area is 176 Å². The molecule has 1 saturated carbocycles. The molecule has 1 aliphatic heterocycles. The number of halogens is 2. The van der Waals surface area contributed by atoms with Gasteiger partial charge in [0.1, 0.15) is 17.2 Å². The van der Waals surface area contributed by atoms with Gasteiger partial charge in [0.05, 0.1) is 12.3 Å². The van der Waals surface area contributed by atoms with Gasteiger partial charge in [-0.15, -0.1) is 0 Å². The first-order chi connectivity index (χ1) is 14.5. The average molecular weight is 411 g/mol. The lowest BCUT2D eigenvalue weighted by molar-refractivity contribution is -0.0997. The topological polar surface area (TPSA) is 28.3 Å². The molecule has 3 aromatic rings. The molecule has 1 aliphatic carbocycles. The summed E-state index contributed by atoms with van der Waals surface area (Å²) in [4.78, 5) is 5.76. The summed E-state index contributed by atoms with van der Waals surface area (Å²) in [5.74, 6) is 0.0536. The Kier molecular flexibility index (Phi) is 4.91. The third-order valence-electron chi connectivity index (χ3n) is 7.09. The summed E-state index contributed by atoms with van der Waals surface area (Å²) in [7, 11) is 4.14. The molecule has 158 valence electrons. The predicted octanol–water partition coefficient (Wildman–Crippen LogP) is 5.71. The van der Waals surface area contributed by atoms with Gasteiger partial charge in [0, 0.05) is 16.9 Å². The lowest BCUT2D eigenvalue weighted by Crippen LogP contribution is -2.41. The van der Waals surface area contributed by atoms with Gasteiger partial charge in [-0.2, -0.15) is 0 Å². The standard InChI is InChI=1S/C25H28F2N2O/c1-29(2)23(17-4-3-5-18(26)14-17)16-8-11-25(12-9-16)24-20(10-13-30-25)21-15-19(27)6-7-22(21)28-24/h3-7,14-16,23,28H,8-13H2,1-2H3. The van der Waals surface area contributed by atoms with Crippen molar-refractivity contribution in [3.8, 4) is 0 Å². The van der Waals surface area contributed by atoms with Crippen LogP contribution in [-0.4, -0.2) is 30.6 Å². The molecule has 0 amide bonds. The molecule has 2 aromatic carbocycles. The largest absolute Gasteiger partial charge is 0.368 e. The summed E-state index contributed by atoms with van der Waals surface area (Å²) in [6, 6.07) is 12.1. The van der Waals surface area contributed by atoms with Gasteiger partial charge in [0.25, 0.3) is 0 Å². The summed E-state index contributed by atoms with van der Waals surface area (Å²) in [6.07, 6.45) is 4.65. The predicted molar refractivity (Wildman–Crippen MR) is 114 cm³/mol. The first-order valence-electron chi connectivity index (χ1n) is 10.8. The van der Waals surface area contributed by atoms with E-state index in [1.54, 1.807) is 18.2 Å². The Morgan fingerprint density at radius 2 is 1.83 bits per heavy atom. The van der Waals surface area contributed by atoms with Crippen LogP contribution in [0.15, 0.2) is 42.5 Å². The van der Waals surface area contributed by atoms with E-state index in [2.05, 4.69) is 24.0 Å². The fraction of sp³-hybridized carbons (Fsp3) is 0.440. The lowest BCUT2D eigenvalue weighted by atomic mass is 9.71. The van der Waals surface area contributed by atoms with Crippen molar-refractivity contribution in [2.45, 2.75) is 43.7 Å². The summed E-state index contributed by atoms with van der Waals surface area (Å²) < 4.78 is 34.1. The number of aromatic nitrogens is 1. The zero-order valence-corrected chi connectivity index (χ0v) is 17.6. The molecular formula is C25H28F2N2O. The van der Waals surface area contributed by atoms with E-state index in [-0.39, 0.29) is 23.3 Å². The van der Waals surface area contributed by atoms with Gasteiger partial charge in [-0.05, 0) is 93.6 Å². The third kappa shape index (κ3) is 3.25. The molecule has 1 unspecified atom stereocenters. The number of nitrogens with one attached hydrogen (secondary N) is 1. The maximum atomic E-state index is 13.9. The van der Waals surface area contributed by atoms with E-state index in [0.717, 1.165) is 54.3 Å². The summed E-state index contributed by atoms with van der Waals surface area (Å²) in [5.41, 5.74) is 4.05. The van der Waals surface area contributed by atoms with Crippen LogP contribution in [0.1, 0.15) is 48.5 Å². The number of fused-ring (bicyclic) bond motifs is 4. The minimum Gasteiger partial charge on any atom is -0.368 e. The van der Waals surface area contributed by atoms with Crippen molar-refractivity contribution >= 4 is 10.9 Å². The number of hydrogen-bond donors (Lipinski definition) is 1. The highest BCUT2D eigenvalue weighted by Crippen LogP contribution is 2.50. The van der Waals surface area contributed by atoms with Crippen LogP contribution in [0.2, 0.25) is 0 Å². The molecule has 1 atom stereocenters. The van der Waals surface area contributed by atoms with E-state index in [4.69, 9.17) is 4.74 Å². The second kappa shape index (κ2) is 7.47. The number of benzene rings is 2. The second-order valence-electron chi connectivity index (χ2n) is 9.06. The number of aromatic amines is 1. The van der Waals surface area contributed by atoms with Gasteiger partial charge in [-0.3, -0.25) is 0 Å². The van der Waals surface area contributed by atoms with Crippen LogP contribution in [0, 0.1) is 17.6 Å². The zero-order valence-electron chi connectivity index (χ0n) is 17.6. The third-order valence-corrected chi connectivity index (χ3v) is 7.09. The first kappa shape index (κ1) is 19.7. The molecule has 5 rings (SSSR count). The number of hydrogen-bond acceptors (Lipinski definition) is 2. The molecule has 5 heteroatoms. The first-order valence-corrected chi connectivity index (χ1v) is 10.8. The quantitative estimate of drug-likeness (QED) is 0.599. The normalized spacial score (nSPS) is 25.0. The van der Waals surface area contributed by atoms with E-state index in [1.165, 1.54) is 17.7 Å². The van der Waals surface area contributed by atoms with Crippen molar-refractivity contribution in [3.05, 3.63) is 70.9 Å². The number of H-pyrrole nitrogens is 1. The van der Waals surface area contributed by atoms with Gasteiger partial charge in [0.2, 0.25) is 0 Å². The highest BCUT2D eigenvalue weighted by atomic mass is 19.1. The van der Waals surface area contributed by atoms with E-state index >= 15 is 0 Å². The maximum Gasteiger partial charge on any atom is 0.123 e. The molecule has 1 fully saturated rings. The van der Waals surface area contributed by atoms with E-state index < -0.39 is 0 Å². The van der Waals surface area contributed by atoms with Crippen LogP contribution in [0.25, 0.3) is 10.9 Å². The Morgan fingerprint density at radius 1 is 1.07 bits per heavy atom. The van der Waals surface area contributed by atoms with E-state index in [9.17, 15) is 8.78 Å². The molecule has 2 heterocycles. The van der Waals surface area contributed by atoms with Gasteiger partial charge in [-0.25, -0.2) is 8.78 Å². The van der Waals surface area contributed by atoms with Crippen molar-refractivity contribution in [1.29, 1.82) is 0 Å². The second-order valence-corrected chi connectivity index (χ2v) is 9.06. The molecule has 0 bridgehead atoms. The Bertz CT molecular complexity index is 1070. The van der Waals surface area contributed by atoms with E-state index in [0.29, 0.717) is 12.5 Å². The highest BCUT2D eigenvalue weighted by Gasteiger charge is 2.44. The molecule has 0 saturated heterocycles. The minimum atomic E-state index is -0.321. The van der Waals surface area contributed by atoms with Gasteiger partial charge in [-0.1, -0.05) is 12.1 Å². The van der Waals surface area contributed by atoms with Crippen LogP contribution in [0.3, 0.4) is 0 Å². The lowest BCUT2D eigenvalue weighted by Gasteiger charge is -2.45. The molecule has 3 nitrogen and oxygen atoms in total. The number of rotatable bonds is 3. The van der Waals surface area contributed by atoms with Crippen molar-refractivity contribution in [2.24, 2.45) is 5.92 Å². The van der Waals surface area contributed by atoms with Gasteiger partial charge in [0.15, 0.2) is 0 Å². The fourth-order valence-corrected chi connectivity index (χ4v) is 5.79. The molecule has 1 spiro atoms. The Morgan fingerprint density at radius 3 is 2.57 bits per heavy atom. The SMILES string of the molecule is CN(C)C(c1cccc(F)c1)C1CCC2(CC1)OCCc1c2[nH]c2ccc(F)cc12. The van der Waals surface area contributed by atoms with Crippen LogP contribution in [0.5, 0.6) is 0 Å². The monoisotopic (exact) mass is 410 g/mol. The van der Waals surface area contributed by atoms with Crippen molar-refractivity contribution in [3.63, 3.8) is 0 Å². The summed E-state index contributed by atoms with van der Waals surface area (Å²) in [5, 5.41) is 0.987. The maximum absolute atomic E-state index is 13.9. The average Bonchev–Trinajstić information content (AvgIpc) is 3.09. The molecular weight excluding hydrogens is 382 g/mol. The Balaban J connectivity index is 1.44. The zero-order chi connectivity index (χ0) is 20.9. The van der Waals surface area contributed by atoms with Crippen LogP contribution < -0.4 is 0 Å². The summed E-state index contributed by atoms with van der Waals surface area (Å²) >= 11 is 0. The van der Waals surface area contributed by atoms with Crippen LogP contribution >= 0.6 is 0 Å². The molecule has 0 radical (unpaired) electrons. The molecule has 2 aliphatic rings. The molecule has 30 heavy (non-hydrogen) atoms. The van der Waals surface area contributed by atoms with Gasteiger partial charge < -0.3 is 14.6 Å². The highest BCUT2D eigenvalue weighted by molar-refractivity contribution is 5.85. The molecule has 1 aromatic heterocycles. The fourth-order valence-electron chi connectivity index (χ4n) is 5.79. The number of ether oxygens (including phenoxy) is 1. The van der Waals surface area contributed by atoms with Crippen molar-refractivity contribution < 1.29 is 13.5 Å².